The predicted molar refractivity (Wildman–Crippen MR) is 141 cm³/mol. The van der Waals surface area contributed by atoms with Crippen molar-refractivity contribution in [1.29, 1.82) is 0 Å². The van der Waals surface area contributed by atoms with Gasteiger partial charge in [-0.2, -0.15) is 0 Å². The summed E-state index contributed by atoms with van der Waals surface area (Å²) in [4.78, 5) is 0. The highest BCUT2D eigenvalue weighted by Crippen LogP contribution is 2.62. The van der Waals surface area contributed by atoms with E-state index in [-0.39, 0.29) is 63.2 Å². The molecule has 12 nitrogen and oxygen atoms in total. The molecule has 3 heterocycles. The topological polar surface area (TPSA) is 210 Å². The normalized spacial score (nSPS) is 25.2. The van der Waals surface area contributed by atoms with Crippen LogP contribution in [0.4, 0.5) is 0 Å². The standard InChI is InChI=1S/C30H24O12/c31-13-7-20(37)24-22(8-13)41-30(12-2-4-16(33)19(36)6-12)29(39)26(24)25-23(42-30)10-17(34)14-9-21(38)27(40-28(14)25)11-1-3-15(32)18(35)5-11/h1-8,10,21,26-27,29,31-39H,9H2/t21?,26?,27-,29-,30+/m1/s1. The molecular weight excluding hydrogens is 552 g/mol. The highest BCUT2D eigenvalue weighted by Gasteiger charge is 2.60. The zero-order chi connectivity index (χ0) is 29.7. The van der Waals surface area contributed by atoms with Crippen LogP contribution >= 0.6 is 0 Å². The fraction of sp³-hybridized carbons (Fsp3) is 0.200. The molecule has 0 spiro atoms. The minimum absolute atomic E-state index is 0.0177. The number of aliphatic hydroxyl groups is 2. The molecule has 9 N–H and O–H groups in total. The molecule has 3 aliphatic heterocycles. The summed E-state index contributed by atoms with van der Waals surface area (Å²) in [6.07, 6.45) is -4.00. The van der Waals surface area contributed by atoms with E-state index in [2.05, 4.69) is 0 Å². The Hall–Kier alpha value is -5.20. The van der Waals surface area contributed by atoms with Gasteiger partial charge < -0.3 is 60.2 Å². The van der Waals surface area contributed by atoms with Crippen molar-refractivity contribution in [2.45, 2.75) is 36.4 Å². The van der Waals surface area contributed by atoms with Crippen LogP contribution in [0.25, 0.3) is 0 Å². The first-order valence-corrected chi connectivity index (χ1v) is 12.9. The number of aliphatic hydroxyl groups excluding tert-OH is 2. The van der Waals surface area contributed by atoms with Crippen molar-refractivity contribution >= 4 is 0 Å². The molecule has 5 atom stereocenters. The lowest BCUT2D eigenvalue weighted by Gasteiger charge is -2.50. The predicted octanol–water partition coefficient (Wildman–Crippen LogP) is 2.79. The maximum Gasteiger partial charge on any atom is 0.305 e. The van der Waals surface area contributed by atoms with Crippen LogP contribution in [0.3, 0.4) is 0 Å². The summed E-state index contributed by atoms with van der Waals surface area (Å²) in [5.74, 6) is -6.11. The van der Waals surface area contributed by atoms with Crippen molar-refractivity contribution in [3.63, 3.8) is 0 Å². The van der Waals surface area contributed by atoms with Gasteiger partial charge in [0, 0.05) is 46.9 Å². The zero-order valence-electron chi connectivity index (χ0n) is 21.5. The van der Waals surface area contributed by atoms with Gasteiger partial charge >= 0.3 is 5.79 Å². The van der Waals surface area contributed by atoms with Gasteiger partial charge in [-0.1, -0.05) is 6.07 Å². The molecule has 2 bridgehead atoms. The molecule has 0 radical (unpaired) electrons. The monoisotopic (exact) mass is 576 g/mol. The molecule has 3 aliphatic rings. The minimum Gasteiger partial charge on any atom is -0.508 e. The van der Waals surface area contributed by atoms with Crippen LogP contribution < -0.4 is 14.2 Å². The highest BCUT2D eigenvalue weighted by molar-refractivity contribution is 5.68. The largest absolute Gasteiger partial charge is 0.508 e. The van der Waals surface area contributed by atoms with Crippen LogP contribution in [-0.4, -0.2) is 58.2 Å². The average molecular weight is 577 g/mol. The Morgan fingerprint density at radius 1 is 0.643 bits per heavy atom. The maximum absolute atomic E-state index is 11.9. The molecule has 0 saturated carbocycles. The summed E-state index contributed by atoms with van der Waals surface area (Å²) in [6, 6.07) is 11.1. The van der Waals surface area contributed by atoms with Gasteiger partial charge in [-0.15, -0.1) is 0 Å². The zero-order valence-corrected chi connectivity index (χ0v) is 21.5. The van der Waals surface area contributed by atoms with Crippen LogP contribution in [0.1, 0.15) is 39.8 Å². The minimum atomic E-state index is -2.09. The van der Waals surface area contributed by atoms with Crippen LogP contribution in [-0.2, 0) is 12.2 Å². The molecule has 0 aliphatic carbocycles. The number of benzene rings is 4. The molecular formula is C30H24O12. The second kappa shape index (κ2) is 8.65. The van der Waals surface area contributed by atoms with Gasteiger partial charge in [-0.05, 0) is 35.9 Å². The number of rotatable bonds is 2. The second-order valence-corrected chi connectivity index (χ2v) is 10.5. The molecule has 4 aromatic carbocycles. The van der Waals surface area contributed by atoms with Crippen molar-refractivity contribution < 1.29 is 60.2 Å². The van der Waals surface area contributed by atoms with E-state index in [1.807, 2.05) is 0 Å². The van der Waals surface area contributed by atoms with E-state index < -0.39 is 53.0 Å². The van der Waals surface area contributed by atoms with Crippen LogP contribution in [0, 0.1) is 0 Å². The van der Waals surface area contributed by atoms with E-state index in [4.69, 9.17) is 14.2 Å². The van der Waals surface area contributed by atoms with Gasteiger partial charge in [0.1, 0.15) is 46.7 Å². The fourth-order valence-electron chi connectivity index (χ4n) is 6.09. The molecule has 0 amide bonds. The summed E-state index contributed by atoms with van der Waals surface area (Å²) < 4.78 is 18.6. The summed E-state index contributed by atoms with van der Waals surface area (Å²) >= 11 is 0. The molecule has 4 aromatic rings. The van der Waals surface area contributed by atoms with Crippen molar-refractivity contribution in [1.82, 2.24) is 0 Å². The van der Waals surface area contributed by atoms with Crippen LogP contribution in [0.2, 0.25) is 0 Å². The highest BCUT2D eigenvalue weighted by atomic mass is 16.7. The first kappa shape index (κ1) is 25.7. The maximum atomic E-state index is 11.9. The molecule has 0 aromatic heterocycles. The van der Waals surface area contributed by atoms with Crippen LogP contribution in [0.15, 0.2) is 54.6 Å². The van der Waals surface area contributed by atoms with Crippen molar-refractivity contribution in [2.24, 2.45) is 0 Å². The Labute approximate surface area is 236 Å². The molecule has 216 valence electrons. The number of phenolic OH excluding ortho intramolecular Hbond substituents is 7. The molecule has 2 unspecified atom stereocenters. The lowest BCUT2D eigenvalue weighted by Crippen LogP contribution is -2.57. The van der Waals surface area contributed by atoms with E-state index in [0.717, 1.165) is 12.1 Å². The molecule has 0 fully saturated rings. The summed E-state index contributed by atoms with van der Waals surface area (Å²) in [5.41, 5.74) is 0.842. The van der Waals surface area contributed by atoms with Gasteiger partial charge in [0.25, 0.3) is 0 Å². The van der Waals surface area contributed by atoms with Gasteiger partial charge in [-0.3, -0.25) is 0 Å². The summed E-state index contributed by atoms with van der Waals surface area (Å²) in [5, 5.41) is 95.1. The SMILES string of the molecule is Oc1cc(O)c2c(c1)O[C@@]1(c3ccc(O)c(O)c3)Oc3cc(O)c4c(c3C2[C@H]1O)O[C@H](c1ccc(O)c(O)c1)C(O)C4. The van der Waals surface area contributed by atoms with E-state index in [9.17, 15) is 46.0 Å². The fourth-order valence-corrected chi connectivity index (χ4v) is 6.09. The van der Waals surface area contributed by atoms with Gasteiger partial charge in [0.15, 0.2) is 23.0 Å². The van der Waals surface area contributed by atoms with Crippen LogP contribution in [0.5, 0.6) is 57.5 Å². The first-order valence-electron chi connectivity index (χ1n) is 12.9. The lowest BCUT2D eigenvalue weighted by molar-refractivity contribution is -0.219. The quantitative estimate of drug-likeness (QED) is 0.158. The summed E-state index contributed by atoms with van der Waals surface area (Å²) in [6.45, 7) is 0. The van der Waals surface area contributed by atoms with E-state index in [1.165, 1.54) is 42.5 Å². The second-order valence-electron chi connectivity index (χ2n) is 10.5. The van der Waals surface area contributed by atoms with Gasteiger partial charge in [0.05, 0.1) is 12.0 Å². The summed E-state index contributed by atoms with van der Waals surface area (Å²) in [7, 11) is 0. The number of phenols is 7. The Kier molecular flexibility index (Phi) is 5.30. The third-order valence-electron chi connectivity index (χ3n) is 8.03. The number of aromatic hydroxyl groups is 7. The van der Waals surface area contributed by atoms with Crippen molar-refractivity contribution in [3.05, 3.63) is 82.4 Å². The van der Waals surface area contributed by atoms with E-state index in [1.54, 1.807) is 0 Å². The smallest absolute Gasteiger partial charge is 0.305 e. The number of hydrogen-bond acceptors (Lipinski definition) is 12. The Bertz CT molecular complexity index is 1790. The van der Waals surface area contributed by atoms with Crippen molar-refractivity contribution in [3.8, 4) is 57.5 Å². The van der Waals surface area contributed by atoms with E-state index in [0.29, 0.717) is 5.56 Å². The Balaban J connectivity index is 1.47. The Morgan fingerprint density at radius 2 is 1.31 bits per heavy atom. The first-order chi connectivity index (χ1) is 20.0. The molecule has 0 saturated heterocycles. The third kappa shape index (κ3) is 3.49. The number of hydrogen-bond donors (Lipinski definition) is 9. The lowest BCUT2D eigenvalue weighted by atomic mass is 9.74. The average Bonchev–Trinajstić information content (AvgIpc) is 2.92. The van der Waals surface area contributed by atoms with E-state index >= 15 is 0 Å². The van der Waals surface area contributed by atoms with Gasteiger partial charge in [0.2, 0.25) is 0 Å². The van der Waals surface area contributed by atoms with Crippen molar-refractivity contribution in [2.75, 3.05) is 0 Å². The van der Waals surface area contributed by atoms with Gasteiger partial charge in [-0.25, -0.2) is 0 Å². The number of fused-ring (bicyclic) bond motifs is 8. The Morgan fingerprint density at radius 3 is 2.00 bits per heavy atom. The third-order valence-corrected chi connectivity index (χ3v) is 8.03. The molecule has 42 heavy (non-hydrogen) atoms. The number of ether oxygens (including phenoxy) is 3. The molecule has 12 heteroatoms. The molecule has 7 rings (SSSR count).